The number of carbonyl (C=O) groups excluding carboxylic acids is 8. The van der Waals surface area contributed by atoms with Gasteiger partial charge in [-0.3, -0.25) is 42.9 Å². The Balaban J connectivity index is 1.36. The second-order valence-corrected chi connectivity index (χ2v) is 25.5. The average molecular weight is 1380 g/mol. The zero-order valence-corrected chi connectivity index (χ0v) is 54.2. The van der Waals surface area contributed by atoms with E-state index in [4.69, 9.17) is 47.2 Å². The van der Waals surface area contributed by atoms with Gasteiger partial charge in [0.15, 0.2) is 18.9 Å². The molecule has 0 radical (unpaired) electrons. The van der Waals surface area contributed by atoms with Gasteiger partial charge in [-0.15, -0.1) is 0 Å². The van der Waals surface area contributed by atoms with E-state index in [1.807, 2.05) is 0 Å². The van der Waals surface area contributed by atoms with Crippen molar-refractivity contribution in [1.29, 1.82) is 0 Å². The second kappa shape index (κ2) is 42.3. The Morgan fingerprint density at radius 3 is 1.20 bits per heavy atom. The SMILES string of the molecule is CNP(=O)(S)O[C@H]1CC[C@@H](C(=O)N[C@@H](CCC(=O)N[C@@H](CCC(=O)NCCOCCOC2OC(CO)C(O)C(O)C2NC(C)=O)C(=O)NCCOCCOC2OC(CO)C(O)C(O)C2NC(C)=O)C(=O)NCCOCCOC2OC(CO)C(O)C(O)C2NC(C)=O)CC1. The zero-order valence-electron chi connectivity index (χ0n) is 52.4. The number of hydrogen-bond donors (Lipinski definition) is 19. The summed E-state index contributed by atoms with van der Waals surface area (Å²) in [5.41, 5.74) is 0. The Morgan fingerprint density at radius 2 is 0.849 bits per heavy atom. The highest BCUT2D eigenvalue weighted by Crippen LogP contribution is 2.50. The van der Waals surface area contributed by atoms with Crippen LogP contribution in [-0.4, -0.2) is 309 Å². The van der Waals surface area contributed by atoms with Gasteiger partial charge in [0.2, 0.25) is 47.3 Å². The fourth-order valence-corrected chi connectivity index (χ4v) is 11.4. The number of carbonyl (C=O) groups is 8. The first-order valence-corrected chi connectivity index (χ1v) is 33.4. The molecule has 1 aliphatic carbocycles. The van der Waals surface area contributed by atoms with Gasteiger partial charge in [-0.1, -0.05) is 12.2 Å². The maximum Gasteiger partial charge on any atom is 0.323 e. The van der Waals surface area contributed by atoms with E-state index in [0.717, 1.165) is 0 Å². The molecule has 18 atom stereocenters. The van der Waals surface area contributed by atoms with E-state index in [1.165, 1.54) is 27.8 Å². The number of aliphatic hydroxyl groups is 9. The maximum absolute atomic E-state index is 13.8. The lowest BCUT2D eigenvalue weighted by Crippen LogP contribution is -2.64. The first kappa shape index (κ1) is 81.0. The third-order valence-corrected chi connectivity index (χ3v) is 17.2. The van der Waals surface area contributed by atoms with Crippen LogP contribution in [0.25, 0.3) is 0 Å². The molecule has 4 rings (SSSR count). The molecule has 536 valence electrons. The first-order chi connectivity index (χ1) is 44.2. The van der Waals surface area contributed by atoms with Crippen molar-refractivity contribution in [3.63, 3.8) is 0 Å². The van der Waals surface area contributed by atoms with Gasteiger partial charge in [0.05, 0.1) is 85.4 Å². The van der Waals surface area contributed by atoms with Crippen molar-refractivity contribution in [3.05, 3.63) is 0 Å². The number of aliphatic hydroxyl groups excluding tert-OH is 9. The van der Waals surface area contributed by atoms with Crippen LogP contribution < -0.4 is 47.6 Å². The quantitative estimate of drug-likeness (QED) is 0.0154. The highest BCUT2D eigenvalue weighted by molar-refractivity contribution is 8.45. The molecular weight excluding hydrogens is 1290 g/mol. The lowest BCUT2D eigenvalue weighted by atomic mass is 9.86. The van der Waals surface area contributed by atoms with Crippen molar-refractivity contribution in [2.45, 2.75) is 182 Å². The Morgan fingerprint density at radius 1 is 0.495 bits per heavy atom. The number of thiol groups is 1. The largest absolute Gasteiger partial charge is 0.394 e. The summed E-state index contributed by atoms with van der Waals surface area (Å²) in [5.74, 6) is -5.53. The first-order valence-electron chi connectivity index (χ1n) is 30.6. The van der Waals surface area contributed by atoms with Crippen molar-refractivity contribution in [3.8, 4) is 0 Å². The van der Waals surface area contributed by atoms with Gasteiger partial charge in [-0.2, -0.15) is 0 Å². The predicted octanol–water partition coefficient (Wildman–Crippen LogP) is -8.37. The smallest absolute Gasteiger partial charge is 0.323 e. The molecule has 18 N–H and O–H groups in total. The van der Waals surface area contributed by atoms with Gasteiger partial charge in [-0.05, 0) is 45.6 Å². The van der Waals surface area contributed by atoms with Crippen LogP contribution in [0, 0.1) is 5.92 Å². The van der Waals surface area contributed by atoms with Crippen LogP contribution in [0.4, 0.5) is 0 Å². The topological polar surface area (TPSA) is 536 Å². The standard InChI is InChI=1S/C54H96N9O28PS/c1-28(67)59-40-46(75)43(72)35(25-64)88-52(40)85-22-19-82-16-13-56-38(70)11-9-33(50(79)57-14-17-83-20-23-86-53-41(60-29(2)68)47(76)44(73)36(26-65)89-53)62-39(71)12-10-34(63-49(78)31-5-7-32(8-6-31)91-92(81,93)55-4)51(80)58-15-18-84-21-24-87-54-42(61-30(3)69)48(77)45(74)37(27-66)90-54/h31-37,40-48,52-54,64-66,72-77H,5-27H2,1-4H3,(H,56,70)(H,57,79)(H,58,80)(H,59,67)(H,60,68)(H,61,69)(H,62,71)(H,63,78)(H2,55,81,93)/t31-,32+,33-,34-,35?,36?,37?,40?,41?,42?,43?,44?,45?,46?,47?,48?,52?,53?,54?,92?/m0/s1. The lowest BCUT2D eigenvalue weighted by molar-refractivity contribution is -0.272. The van der Waals surface area contributed by atoms with Gasteiger partial charge in [0, 0.05) is 59.2 Å². The van der Waals surface area contributed by atoms with E-state index in [0.29, 0.717) is 25.7 Å². The Hall–Kier alpha value is -4.46. The highest BCUT2D eigenvalue weighted by Gasteiger charge is 2.48. The number of ether oxygens (including phenoxy) is 9. The molecule has 3 saturated heterocycles. The molecule has 1 saturated carbocycles. The van der Waals surface area contributed by atoms with Crippen LogP contribution >= 0.6 is 19.0 Å². The summed E-state index contributed by atoms with van der Waals surface area (Å²) < 4.78 is 68.3. The van der Waals surface area contributed by atoms with Crippen molar-refractivity contribution in [2.24, 2.45) is 5.92 Å². The number of nitrogens with one attached hydrogen (secondary N) is 9. The predicted molar refractivity (Wildman–Crippen MR) is 320 cm³/mol. The molecule has 0 aromatic heterocycles. The Bertz CT molecular complexity index is 2380. The van der Waals surface area contributed by atoms with Crippen LogP contribution in [0.2, 0.25) is 0 Å². The molecule has 93 heavy (non-hydrogen) atoms. The van der Waals surface area contributed by atoms with Crippen molar-refractivity contribution in [1.82, 2.24) is 47.6 Å². The molecule has 3 heterocycles. The van der Waals surface area contributed by atoms with Crippen LogP contribution in [-0.2, 0) is 90.1 Å². The molecular formula is C54H96N9O28PS. The van der Waals surface area contributed by atoms with Crippen LogP contribution in [0.15, 0.2) is 0 Å². The number of rotatable bonds is 41. The third-order valence-electron chi connectivity index (χ3n) is 15.2. The molecule has 4 fully saturated rings. The molecule has 0 aromatic rings. The van der Waals surface area contributed by atoms with Crippen molar-refractivity contribution in [2.75, 3.05) is 106 Å². The van der Waals surface area contributed by atoms with Crippen LogP contribution in [0.3, 0.4) is 0 Å². The van der Waals surface area contributed by atoms with E-state index >= 15 is 0 Å². The van der Waals surface area contributed by atoms with E-state index in [1.54, 1.807) is 0 Å². The second-order valence-electron chi connectivity index (χ2n) is 22.3. The minimum Gasteiger partial charge on any atom is -0.394 e. The fraction of sp³-hybridized carbons (Fsp3) is 0.852. The normalized spacial score (nSPS) is 30.1. The minimum atomic E-state index is -3.38. The number of amides is 8. The summed E-state index contributed by atoms with van der Waals surface area (Å²) in [7, 11) is 1.43. The molecule has 8 amide bonds. The molecule has 0 spiro atoms. The minimum absolute atomic E-state index is 0.0264. The van der Waals surface area contributed by atoms with E-state index in [9.17, 15) is 88.9 Å². The molecule has 39 heteroatoms. The summed E-state index contributed by atoms with van der Waals surface area (Å²) >= 11 is 4.03. The highest BCUT2D eigenvalue weighted by atomic mass is 32.7. The Kier molecular flexibility index (Phi) is 36.8. The van der Waals surface area contributed by atoms with E-state index in [-0.39, 0.29) is 98.4 Å². The number of hydrogen-bond acceptors (Lipinski definition) is 28. The molecule has 37 nitrogen and oxygen atoms in total. The third kappa shape index (κ3) is 27.9. The maximum atomic E-state index is 13.8. The average Bonchev–Trinajstić information content (AvgIpc) is 0.867. The van der Waals surface area contributed by atoms with E-state index < -0.39 is 196 Å². The van der Waals surface area contributed by atoms with Crippen LogP contribution in [0.5, 0.6) is 0 Å². The molecule has 0 aromatic carbocycles. The van der Waals surface area contributed by atoms with Crippen LogP contribution in [0.1, 0.15) is 72.1 Å². The van der Waals surface area contributed by atoms with Crippen molar-refractivity contribution >= 4 is 66.2 Å². The monoisotopic (exact) mass is 1380 g/mol. The van der Waals surface area contributed by atoms with Gasteiger partial charge >= 0.3 is 6.72 Å². The fourth-order valence-electron chi connectivity index (χ4n) is 10.2. The molecule has 4 aliphatic rings. The van der Waals surface area contributed by atoms with Gasteiger partial charge in [0.25, 0.3) is 0 Å². The van der Waals surface area contributed by atoms with Gasteiger partial charge in [0.1, 0.15) is 85.1 Å². The summed E-state index contributed by atoms with van der Waals surface area (Å²) in [4.78, 5) is 104. The lowest BCUT2D eigenvalue weighted by Gasteiger charge is -2.42. The summed E-state index contributed by atoms with van der Waals surface area (Å²) in [5, 5.41) is 114. The van der Waals surface area contributed by atoms with Gasteiger partial charge in [-0.25, -0.2) is 5.09 Å². The summed E-state index contributed by atoms with van der Waals surface area (Å²) in [6, 6.07) is -6.23. The zero-order chi connectivity index (χ0) is 68.8. The molecule has 16 unspecified atom stereocenters. The van der Waals surface area contributed by atoms with Crippen molar-refractivity contribution < 1.29 is 136 Å². The molecule has 3 aliphatic heterocycles. The molecule has 0 bridgehead atoms. The summed E-state index contributed by atoms with van der Waals surface area (Å²) in [6.45, 7) is -3.06. The van der Waals surface area contributed by atoms with E-state index in [2.05, 4.69) is 59.9 Å². The van der Waals surface area contributed by atoms with Gasteiger partial charge < -0.3 is 136 Å². The Labute approximate surface area is 542 Å². The summed E-state index contributed by atoms with van der Waals surface area (Å²) in [6.07, 6.45) is -17.1.